The van der Waals surface area contributed by atoms with Gasteiger partial charge in [-0.05, 0) is 42.5 Å². The summed E-state index contributed by atoms with van der Waals surface area (Å²) in [6.45, 7) is 1.04. The predicted molar refractivity (Wildman–Crippen MR) is 114 cm³/mol. The Hall–Kier alpha value is -2.71. The van der Waals surface area contributed by atoms with E-state index in [2.05, 4.69) is 26.0 Å². The second kappa shape index (κ2) is 8.12. The molecule has 2 heterocycles. The number of anilines is 1. The van der Waals surface area contributed by atoms with Gasteiger partial charge in [0.25, 0.3) is 5.91 Å². The first kappa shape index (κ1) is 18.6. The number of amides is 1. The summed E-state index contributed by atoms with van der Waals surface area (Å²) in [6.07, 6.45) is 3.61. The Morgan fingerprint density at radius 1 is 1.25 bits per heavy atom. The molecule has 0 spiro atoms. The van der Waals surface area contributed by atoms with Crippen LogP contribution in [0.15, 0.2) is 65.4 Å². The second-order valence-electron chi connectivity index (χ2n) is 6.07. The summed E-state index contributed by atoms with van der Waals surface area (Å²) in [5.74, 6) is 0.670. The number of hydrogen-bond acceptors (Lipinski definition) is 5. The highest BCUT2D eigenvalue weighted by Crippen LogP contribution is 2.32. The molecule has 0 saturated heterocycles. The van der Waals surface area contributed by atoms with Gasteiger partial charge in [-0.25, -0.2) is 4.98 Å². The molecular formula is C20H17BrN4O2S. The minimum atomic E-state index is -0.0977. The largest absolute Gasteiger partial charge is 0.497 e. The lowest BCUT2D eigenvalue weighted by atomic mass is 10.2. The van der Waals surface area contributed by atoms with Crippen molar-refractivity contribution in [2.24, 2.45) is 0 Å². The number of ether oxygens (including phenoxy) is 1. The van der Waals surface area contributed by atoms with Crippen molar-refractivity contribution in [1.82, 2.24) is 14.8 Å². The number of thiazole rings is 1. The average molecular weight is 457 g/mol. The molecule has 4 rings (SSSR count). The maximum atomic E-state index is 13.3. The fourth-order valence-electron chi connectivity index (χ4n) is 2.83. The molecule has 0 aliphatic carbocycles. The van der Waals surface area contributed by atoms with Crippen LogP contribution >= 0.6 is 27.3 Å². The van der Waals surface area contributed by atoms with Crippen molar-refractivity contribution in [2.45, 2.75) is 6.54 Å². The zero-order valence-corrected chi connectivity index (χ0v) is 17.5. The maximum absolute atomic E-state index is 13.3. The van der Waals surface area contributed by atoms with Crippen molar-refractivity contribution < 1.29 is 9.53 Å². The summed E-state index contributed by atoms with van der Waals surface area (Å²) in [5, 5.41) is 4.88. The highest BCUT2D eigenvalue weighted by Gasteiger charge is 2.21. The number of halogens is 1. The van der Waals surface area contributed by atoms with E-state index in [0.29, 0.717) is 23.8 Å². The number of fused-ring (bicyclic) bond motifs is 1. The molecule has 0 bridgehead atoms. The lowest BCUT2D eigenvalue weighted by Crippen LogP contribution is -2.34. The lowest BCUT2D eigenvalue weighted by Gasteiger charge is -2.20. The molecule has 0 N–H and O–H groups in total. The predicted octanol–water partition coefficient (Wildman–Crippen LogP) is 4.61. The molecule has 2 aromatic carbocycles. The topological polar surface area (TPSA) is 60.2 Å². The number of carbonyl (C=O) groups is 1. The van der Waals surface area contributed by atoms with E-state index in [1.807, 2.05) is 54.7 Å². The zero-order valence-electron chi connectivity index (χ0n) is 15.1. The van der Waals surface area contributed by atoms with Crippen molar-refractivity contribution in [1.29, 1.82) is 0 Å². The van der Waals surface area contributed by atoms with E-state index in [0.717, 1.165) is 20.4 Å². The normalized spacial score (nSPS) is 10.9. The third kappa shape index (κ3) is 3.93. The molecule has 28 heavy (non-hydrogen) atoms. The van der Waals surface area contributed by atoms with Crippen molar-refractivity contribution >= 4 is 48.5 Å². The molecule has 4 aromatic rings. The molecule has 142 valence electrons. The number of hydrogen-bond donors (Lipinski definition) is 0. The molecule has 0 atom stereocenters. The monoisotopic (exact) mass is 456 g/mol. The number of nitrogens with zero attached hydrogens (tertiary/aromatic N) is 4. The molecule has 0 aliphatic heterocycles. The van der Waals surface area contributed by atoms with Gasteiger partial charge in [0.1, 0.15) is 5.75 Å². The maximum Gasteiger partial charge on any atom is 0.260 e. The lowest BCUT2D eigenvalue weighted by molar-refractivity contribution is 0.0985. The molecule has 0 saturated carbocycles. The zero-order chi connectivity index (χ0) is 19.5. The van der Waals surface area contributed by atoms with Gasteiger partial charge in [0.15, 0.2) is 5.13 Å². The summed E-state index contributed by atoms with van der Waals surface area (Å²) in [5.41, 5.74) is 1.44. The number of aromatic nitrogens is 3. The molecule has 0 radical (unpaired) electrons. The first-order valence-corrected chi connectivity index (χ1v) is 10.2. The Kier molecular flexibility index (Phi) is 5.40. The van der Waals surface area contributed by atoms with Crippen molar-refractivity contribution in [3.05, 3.63) is 71.0 Å². The third-order valence-corrected chi connectivity index (χ3v) is 5.78. The Bertz CT molecular complexity index is 1110. The van der Waals surface area contributed by atoms with Crippen LogP contribution in [0, 0.1) is 0 Å². The van der Waals surface area contributed by atoms with Crippen molar-refractivity contribution in [3.63, 3.8) is 0 Å². The van der Waals surface area contributed by atoms with Crippen LogP contribution in [0.1, 0.15) is 10.4 Å². The smallest absolute Gasteiger partial charge is 0.260 e. The first-order valence-electron chi connectivity index (χ1n) is 8.63. The number of carbonyl (C=O) groups excluding carboxylic acids is 1. The standard InChI is InChI=1S/C20H17BrN4O2S/c1-27-16-6-7-17-18(13-16)28-20(23-17)25(11-10-24-9-3-8-22-24)19(26)14-4-2-5-15(21)12-14/h2-9,12-13H,10-11H2,1H3. The first-order chi connectivity index (χ1) is 13.6. The van der Waals surface area contributed by atoms with Crippen LogP contribution in [0.2, 0.25) is 0 Å². The van der Waals surface area contributed by atoms with Gasteiger partial charge in [-0.15, -0.1) is 0 Å². The summed E-state index contributed by atoms with van der Waals surface area (Å²) in [4.78, 5) is 19.7. The molecule has 0 fully saturated rings. The van der Waals surface area contributed by atoms with Crippen molar-refractivity contribution in [3.8, 4) is 5.75 Å². The molecular weight excluding hydrogens is 440 g/mol. The van der Waals surface area contributed by atoms with Gasteiger partial charge in [-0.3, -0.25) is 14.4 Å². The second-order valence-corrected chi connectivity index (χ2v) is 7.99. The van der Waals surface area contributed by atoms with E-state index in [1.54, 1.807) is 22.9 Å². The average Bonchev–Trinajstić information content (AvgIpc) is 3.37. The fraction of sp³-hybridized carbons (Fsp3) is 0.150. The SMILES string of the molecule is COc1ccc2nc(N(CCn3cccn3)C(=O)c3cccc(Br)c3)sc2c1. The van der Waals surface area contributed by atoms with Crippen molar-refractivity contribution in [2.75, 3.05) is 18.6 Å². The van der Waals surface area contributed by atoms with Crippen LogP contribution in [0.5, 0.6) is 5.75 Å². The van der Waals surface area contributed by atoms with E-state index in [9.17, 15) is 4.79 Å². The quantitative estimate of drug-likeness (QED) is 0.424. The Morgan fingerprint density at radius 2 is 2.14 bits per heavy atom. The van der Waals surface area contributed by atoms with Gasteiger partial charge in [-0.2, -0.15) is 5.10 Å². The molecule has 6 nitrogen and oxygen atoms in total. The van der Waals surface area contributed by atoms with Gasteiger partial charge in [-0.1, -0.05) is 33.3 Å². The Balaban J connectivity index is 1.70. The summed E-state index contributed by atoms with van der Waals surface area (Å²) in [6, 6.07) is 15.0. The number of methoxy groups -OCH3 is 1. The van der Waals surface area contributed by atoms with Crippen LogP contribution in [0.25, 0.3) is 10.2 Å². The molecule has 1 amide bonds. The van der Waals surface area contributed by atoms with E-state index in [4.69, 9.17) is 4.74 Å². The van der Waals surface area contributed by atoms with E-state index < -0.39 is 0 Å². The molecule has 2 aromatic heterocycles. The van der Waals surface area contributed by atoms with Gasteiger partial charge >= 0.3 is 0 Å². The summed E-state index contributed by atoms with van der Waals surface area (Å²) < 4.78 is 8.94. The van der Waals surface area contributed by atoms with Crippen LogP contribution in [-0.2, 0) is 6.54 Å². The van der Waals surface area contributed by atoms with Crippen LogP contribution in [0.4, 0.5) is 5.13 Å². The van der Waals surface area contributed by atoms with Gasteiger partial charge in [0.05, 0.1) is 23.9 Å². The van der Waals surface area contributed by atoms with Gasteiger partial charge < -0.3 is 4.74 Å². The third-order valence-electron chi connectivity index (χ3n) is 4.24. The minimum Gasteiger partial charge on any atom is -0.497 e. The van der Waals surface area contributed by atoms with E-state index >= 15 is 0 Å². The van der Waals surface area contributed by atoms with Crippen LogP contribution in [-0.4, -0.2) is 34.3 Å². The van der Waals surface area contributed by atoms with E-state index in [1.165, 1.54) is 11.3 Å². The van der Waals surface area contributed by atoms with Crippen LogP contribution in [0.3, 0.4) is 0 Å². The fourth-order valence-corrected chi connectivity index (χ4v) is 4.25. The molecule has 0 aliphatic rings. The van der Waals surface area contributed by atoms with E-state index in [-0.39, 0.29) is 5.91 Å². The summed E-state index contributed by atoms with van der Waals surface area (Å²) >= 11 is 4.91. The Morgan fingerprint density at radius 3 is 2.89 bits per heavy atom. The Labute approximate surface area is 174 Å². The summed E-state index contributed by atoms with van der Waals surface area (Å²) in [7, 11) is 1.64. The van der Waals surface area contributed by atoms with Gasteiger partial charge in [0.2, 0.25) is 0 Å². The minimum absolute atomic E-state index is 0.0977. The molecule has 8 heteroatoms. The highest BCUT2D eigenvalue weighted by molar-refractivity contribution is 9.10. The molecule has 0 unspecified atom stereocenters. The van der Waals surface area contributed by atoms with Gasteiger partial charge in [0, 0.05) is 29.0 Å². The highest BCUT2D eigenvalue weighted by atomic mass is 79.9. The number of benzene rings is 2. The van der Waals surface area contributed by atoms with Crippen LogP contribution < -0.4 is 9.64 Å². The number of rotatable bonds is 6.